The first-order valence-corrected chi connectivity index (χ1v) is 10.8. The summed E-state index contributed by atoms with van der Waals surface area (Å²) in [6.07, 6.45) is 1.89. The van der Waals surface area contributed by atoms with Gasteiger partial charge in [-0.25, -0.2) is 0 Å². The van der Waals surface area contributed by atoms with Crippen LogP contribution in [-0.4, -0.2) is 62.8 Å². The monoisotopic (exact) mass is 449 g/mol. The van der Waals surface area contributed by atoms with Gasteiger partial charge in [-0.3, -0.25) is 14.2 Å². The highest BCUT2D eigenvalue weighted by Crippen LogP contribution is 2.34. The first-order valence-electron chi connectivity index (χ1n) is 9.95. The van der Waals surface area contributed by atoms with E-state index in [2.05, 4.69) is 15.2 Å². The molecule has 164 valence electrons. The molecule has 4 aromatic rings. The second kappa shape index (κ2) is 8.88. The molecule has 9 heteroatoms. The van der Waals surface area contributed by atoms with E-state index in [1.54, 1.807) is 21.2 Å². The molecule has 2 aromatic carbocycles. The number of Topliss-reactive ketones (excluding diaryl/α,β-unsaturated/α-hetero) is 1. The van der Waals surface area contributed by atoms with Crippen LogP contribution in [0.25, 0.3) is 28.0 Å². The van der Waals surface area contributed by atoms with Crippen molar-refractivity contribution in [3.63, 3.8) is 0 Å². The van der Waals surface area contributed by atoms with Gasteiger partial charge in [0.15, 0.2) is 16.8 Å². The van der Waals surface area contributed by atoms with Gasteiger partial charge in [0.05, 0.1) is 12.8 Å². The molecule has 1 atom stereocenters. The average molecular weight is 450 g/mol. The normalized spacial score (nSPS) is 12.0. The zero-order valence-corrected chi connectivity index (χ0v) is 19.0. The summed E-state index contributed by atoms with van der Waals surface area (Å²) in [6.45, 7) is 1.41. The van der Waals surface area contributed by atoms with E-state index in [1.165, 1.54) is 11.8 Å². The van der Waals surface area contributed by atoms with Gasteiger partial charge >= 0.3 is 0 Å². The summed E-state index contributed by atoms with van der Waals surface area (Å²) in [5.41, 5.74) is 2.64. The number of aromatic nitrogens is 4. The summed E-state index contributed by atoms with van der Waals surface area (Å²) in [7, 11) is 4.87. The van der Waals surface area contributed by atoms with Crippen molar-refractivity contribution < 1.29 is 14.3 Å². The van der Waals surface area contributed by atoms with Crippen LogP contribution in [0.3, 0.4) is 0 Å². The van der Waals surface area contributed by atoms with Crippen molar-refractivity contribution in [2.45, 2.75) is 17.3 Å². The summed E-state index contributed by atoms with van der Waals surface area (Å²) < 4.78 is 7.14. The highest BCUT2D eigenvalue weighted by molar-refractivity contribution is 8.01. The Labute approximate surface area is 189 Å². The number of benzene rings is 2. The van der Waals surface area contributed by atoms with Crippen LogP contribution in [0.2, 0.25) is 0 Å². The van der Waals surface area contributed by atoms with Crippen molar-refractivity contribution >= 4 is 34.4 Å². The van der Waals surface area contributed by atoms with Crippen LogP contribution in [0.4, 0.5) is 0 Å². The lowest BCUT2D eigenvalue weighted by Crippen LogP contribution is -2.36. The summed E-state index contributed by atoms with van der Waals surface area (Å²) in [5, 5.41) is 9.35. The van der Waals surface area contributed by atoms with Crippen LogP contribution < -0.4 is 4.74 Å². The van der Waals surface area contributed by atoms with E-state index in [9.17, 15) is 9.59 Å². The van der Waals surface area contributed by atoms with Gasteiger partial charge in [0, 0.05) is 36.8 Å². The van der Waals surface area contributed by atoms with Gasteiger partial charge in [0.25, 0.3) is 0 Å². The van der Waals surface area contributed by atoms with Crippen LogP contribution in [0.5, 0.6) is 5.75 Å². The Bertz CT molecular complexity index is 1280. The van der Waals surface area contributed by atoms with E-state index in [0.29, 0.717) is 16.7 Å². The largest absolute Gasteiger partial charge is 0.497 e. The number of ketones is 1. The lowest BCUT2D eigenvalue weighted by atomic mass is 10.1. The molecule has 2 aromatic heterocycles. The lowest BCUT2D eigenvalue weighted by Gasteiger charge is -2.18. The van der Waals surface area contributed by atoms with Crippen LogP contribution in [0.15, 0.2) is 59.9 Å². The van der Waals surface area contributed by atoms with Crippen molar-refractivity contribution in [1.82, 2.24) is 24.6 Å². The summed E-state index contributed by atoms with van der Waals surface area (Å²) in [4.78, 5) is 29.6. The topological polar surface area (TPSA) is 93.1 Å². The third-order valence-electron chi connectivity index (χ3n) is 5.05. The third-order valence-corrected chi connectivity index (χ3v) is 6.30. The minimum absolute atomic E-state index is 0.244. The Balaban J connectivity index is 1.87. The molecule has 8 nitrogen and oxygen atoms in total. The molecular formula is C23H23N5O3S. The number of nitrogens with one attached hydrogen (secondary N) is 1. The average Bonchev–Trinajstić information content (AvgIpc) is 3.40. The molecule has 1 N–H and O–H groups in total. The molecule has 1 amide bonds. The van der Waals surface area contributed by atoms with Crippen LogP contribution >= 0.6 is 11.8 Å². The Morgan fingerprint density at radius 1 is 1.09 bits per heavy atom. The van der Waals surface area contributed by atoms with Crippen LogP contribution in [0.1, 0.15) is 6.92 Å². The molecule has 0 aliphatic rings. The zero-order chi connectivity index (χ0) is 22.8. The molecule has 2 heterocycles. The van der Waals surface area contributed by atoms with Gasteiger partial charge in [0.1, 0.15) is 11.0 Å². The molecule has 0 saturated heterocycles. The van der Waals surface area contributed by atoms with E-state index >= 15 is 0 Å². The highest BCUT2D eigenvalue weighted by atomic mass is 32.2. The number of fused-ring (bicyclic) bond motifs is 1. The fourth-order valence-corrected chi connectivity index (χ4v) is 4.46. The molecule has 0 spiro atoms. The van der Waals surface area contributed by atoms with E-state index in [1.807, 2.05) is 59.3 Å². The van der Waals surface area contributed by atoms with E-state index in [4.69, 9.17) is 4.74 Å². The maximum Gasteiger partial charge on any atom is 0.243 e. The fraction of sp³-hybridized carbons (Fsp3) is 0.217. The molecule has 0 bridgehead atoms. The molecule has 0 saturated carbocycles. The second-order valence-corrected chi connectivity index (χ2v) is 8.50. The van der Waals surface area contributed by atoms with Crippen LogP contribution in [0, 0.1) is 0 Å². The first-order chi connectivity index (χ1) is 15.4. The predicted octanol–water partition coefficient (Wildman–Crippen LogP) is 3.56. The molecule has 4 rings (SSSR count). The first kappa shape index (κ1) is 21.6. The van der Waals surface area contributed by atoms with Gasteiger partial charge in [0.2, 0.25) is 5.91 Å². The van der Waals surface area contributed by atoms with Crippen molar-refractivity contribution in [2.24, 2.45) is 0 Å². The molecule has 0 aliphatic carbocycles. The lowest BCUT2D eigenvalue weighted by molar-refractivity contribution is -0.132. The second-order valence-electron chi connectivity index (χ2n) is 7.43. The SMILES string of the molecule is COc1ccc(-n2c(SC(C(C)=O)C(=O)N(C)C)nnc2-c2c[nH]c3ccccc23)cc1. The zero-order valence-electron chi connectivity index (χ0n) is 18.2. The maximum atomic E-state index is 12.6. The Kier molecular flexibility index (Phi) is 6.00. The van der Waals surface area contributed by atoms with Gasteiger partial charge in [-0.15, -0.1) is 10.2 Å². The van der Waals surface area contributed by atoms with Crippen molar-refractivity contribution in [3.05, 3.63) is 54.7 Å². The smallest absolute Gasteiger partial charge is 0.243 e. The number of para-hydroxylation sites is 1. The van der Waals surface area contributed by atoms with Gasteiger partial charge < -0.3 is 14.6 Å². The third kappa shape index (κ3) is 3.99. The van der Waals surface area contributed by atoms with Crippen molar-refractivity contribution in [1.29, 1.82) is 0 Å². The Morgan fingerprint density at radius 3 is 2.47 bits per heavy atom. The van der Waals surface area contributed by atoms with Crippen molar-refractivity contribution in [2.75, 3.05) is 21.2 Å². The number of rotatable bonds is 7. The molecular weight excluding hydrogens is 426 g/mol. The Hall–Kier alpha value is -3.59. The van der Waals surface area contributed by atoms with E-state index in [0.717, 1.165) is 33.9 Å². The number of methoxy groups -OCH3 is 1. The van der Waals surface area contributed by atoms with E-state index in [-0.39, 0.29) is 11.7 Å². The summed E-state index contributed by atoms with van der Waals surface area (Å²) in [6, 6.07) is 15.4. The highest BCUT2D eigenvalue weighted by Gasteiger charge is 2.30. The number of hydrogen-bond donors (Lipinski definition) is 1. The number of carbonyl (C=O) groups excluding carboxylic acids is 2. The van der Waals surface area contributed by atoms with Gasteiger partial charge in [-0.05, 0) is 37.3 Å². The molecule has 32 heavy (non-hydrogen) atoms. The summed E-state index contributed by atoms with van der Waals surface area (Å²) >= 11 is 1.10. The minimum Gasteiger partial charge on any atom is -0.497 e. The number of thioether (sulfide) groups is 1. The number of carbonyl (C=O) groups is 2. The Morgan fingerprint density at radius 2 is 1.81 bits per heavy atom. The van der Waals surface area contributed by atoms with Crippen molar-refractivity contribution in [3.8, 4) is 22.8 Å². The minimum atomic E-state index is -0.915. The number of ether oxygens (including phenoxy) is 1. The number of H-pyrrole nitrogens is 1. The maximum absolute atomic E-state index is 12.6. The standard InChI is InChI=1S/C23H23N5O3S/c1-14(29)20(22(30)27(2)3)32-23-26-25-21(18-13-24-19-8-6-5-7-17(18)19)28(23)15-9-11-16(31-4)12-10-15/h5-13,20,24H,1-4H3. The molecule has 0 aliphatic heterocycles. The molecule has 0 fully saturated rings. The molecule has 0 radical (unpaired) electrons. The van der Waals surface area contributed by atoms with E-state index < -0.39 is 5.25 Å². The number of aromatic amines is 1. The quantitative estimate of drug-likeness (QED) is 0.343. The number of hydrogen-bond acceptors (Lipinski definition) is 6. The fourth-order valence-electron chi connectivity index (χ4n) is 3.39. The summed E-state index contributed by atoms with van der Waals surface area (Å²) in [5.74, 6) is 0.788. The number of nitrogens with zero attached hydrogens (tertiary/aromatic N) is 4. The predicted molar refractivity (Wildman–Crippen MR) is 124 cm³/mol. The number of amides is 1. The van der Waals surface area contributed by atoms with Gasteiger partial charge in [-0.2, -0.15) is 0 Å². The van der Waals surface area contributed by atoms with Gasteiger partial charge in [-0.1, -0.05) is 30.0 Å². The molecule has 1 unspecified atom stereocenters. The van der Waals surface area contributed by atoms with Crippen LogP contribution in [-0.2, 0) is 9.59 Å².